The molecule has 1 aromatic heterocycles. The highest BCUT2D eigenvalue weighted by Crippen LogP contribution is 2.28. The zero-order chi connectivity index (χ0) is 19.2. The van der Waals surface area contributed by atoms with E-state index in [0.29, 0.717) is 17.9 Å². The first-order valence-corrected chi connectivity index (χ1v) is 8.86. The van der Waals surface area contributed by atoms with Crippen LogP contribution in [0.2, 0.25) is 5.02 Å². The summed E-state index contributed by atoms with van der Waals surface area (Å²) in [7, 11) is 0. The first kappa shape index (κ1) is 18.9. The molecule has 3 aromatic rings. The Bertz CT molecular complexity index is 939. The van der Waals surface area contributed by atoms with Gasteiger partial charge in [-0.1, -0.05) is 24.9 Å². The molecule has 0 radical (unpaired) electrons. The number of halogens is 2. The summed E-state index contributed by atoms with van der Waals surface area (Å²) in [6, 6.07) is 11.3. The Hall–Kier alpha value is -2.86. The molecular weight excluding hydrogens is 371 g/mol. The number of oxazole rings is 1. The van der Waals surface area contributed by atoms with E-state index in [1.807, 2.05) is 12.1 Å². The van der Waals surface area contributed by atoms with Crippen molar-refractivity contribution in [3.8, 4) is 23.1 Å². The lowest BCUT2D eigenvalue weighted by Crippen LogP contribution is -1.95. The standard InChI is InChI=1S/C20H18ClFN2O3/c1-2-3-10-26-15-7-4-13(5-8-15)19-24-18(20(25)27-19)12-23-14-6-9-17(22)16(21)11-14/h4-9,11-12,25H,2-3,10H2,1H3. The maximum absolute atomic E-state index is 13.2. The van der Waals surface area contributed by atoms with Crippen LogP contribution in [0.3, 0.4) is 0 Å². The fourth-order valence-electron chi connectivity index (χ4n) is 2.26. The number of hydrogen-bond donors (Lipinski definition) is 1. The Balaban J connectivity index is 1.73. The molecule has 0 aliphatic heterocycles. The molecule has 0 aliphatic carbocycles. The average Bonchev–Trinajstić information content (AvgIpc) is 3.04. The maximum atomic E-state index is 13.2. The second kappa shape index (κ2) is 8.68. The van der Waals surface area contributed by atoms with Crippen molar-refractivity contribution in [2.24, 2.45) is 4.99 Å². The molecule has 0 spiro atoms. The van der Waals surface area contributed by atoms with Gasteiger partial charge in [-0.2, -0.15) is 0 Å². The number of benzene rings is 2. The number of nitrogens with zero attached hydrogens (tertiary/aromatic N) is 2. The van der Waals surface area contributed by atoms with E-state index in [-0.39, 0.29) is 22.6 Å². The summed E-state index contributed by atoms with van der Waals surface area (Å²) in [5.74, 6) is 0.138. The van der Waals surface area contributed by atoms with Crippen LogP contribution >= 0.6 is 11.6 Å². The Morgan fingerprint density at radius 2 is 2.04 bits per heavy atom. The quantitative estimate of drug-likeness (QED) is 0.412. The molecule has 140 valence electrons. The minimum Gasteiger partial charge on any atom is -0.494 e. The van der Waals surface area contributed by atoms with Gasteiger partial charge in [-0.25, -0.2) is 9.37 Å². The highest BCUT2D eigenvalue weighted by molar-refractivity contribution is 6.31. The molecule has 3 rings (SSSR count). The molecule has 0 amide bonds. The monoisotopic (exact) mass is 388 g/mol. The number of aromatic nitrogens is 1. The van der Waals surface area contributed by atoms with Crippen molar-refractivity contribution in [2.75, 3.05) is 6.61 Å². The predicted octanol–water partition coefficient (Wildman–Crippen LogP) is 5.77. The Labute approximate surface area is 161 Å². The highest BCUT2D eigenvalue weighted by Gasteiger charge is 2.12. The van der Waals surface area contributed by atoms with Crippen molar-refractivity contribution in [3.05, 3.63) is 59.0 Å². The number of unbranched alkanes of at least 4 members (excludes halogenated alkanes) is 1. The lowest BCUT2D eigenvalue weighted by molar-refractivity contribution is 0.309. The van der Waals surface area contributed by atoms with Crippen LogP contribution < -0.4 is 4.74 Å². The molecule has 1 heterocycles. The molecule has 0 saturated carbocycles. The van der Waals surface area contributed by atoms with Crippen LogP contribution in [0.25, 0.3) is 11.5 Å². The topological polar surface area (TPSA) is 67.9 Å². The van der Waals surface area contributed by atoms with E-state index in [1.54, 1.807) is 12.1 Å². The first-order valence-electron chi connectivity index (χ1n) is 8.49. The van der Waals surface area contributed by atoms with E-state index in [2.05, 4.69) is 16.9 Å². The molecule has 0 fully saturated rings. The molecule has 0 saturated heterocycles. The molecule has 2 aromatic carbocycles. The van der Waals surface area contributed by atoms with Gasteiger partial charge in [0.1, 0.15) is 11.6 Å². The van der Waals surface area contributed by atoms with Crippen molar-refractivity contribution >= 4 is 23.5 Å². The van der Waals surface area contributed by atoms with E-state index >= 15 is 0 Å². The summed E-state index contributed by atoms with van der Waals surface area (Å²) >= 11 is 5.72. The van der Waals surface area contributed by atoms with Gasteiger partial charge < -0.3 is 14.3 Å². The van der Waals surface area contributed by atoms with Crippen LogP contribution in [0.4, 0.5) is 10.1 Å². The third-order valence-corrected chi connectivity index (χ3v) is 4.03. The number of aliphatic imine (C=N–C) groups is 1. The minimum absolute atomic E-state index is 0.0315. The molecule has 0 unspecified atom stereocenters. The predicted molar refractivity (Wildman–Crippen MR) is 103 cm³/mol. The molecule has 7 heteroatoms. The maximum Gasteiger partial charge on any atom is 0.312 e. The summed E-state index contributed by atoms with van der Waals surface area (Å²) in [6.07, 6.45) is 3.40. The van der Waals surface area contributed by atoms with Crippen molar-refractivity contribution in [1.82, 2.24) is 4.98 Å². The average molecular weight is 389 g/mol. The molecule has 0 atom stereocenters. The fourth-order valence-corrected chi connectivity index (χ4v) is 2.44. The third kappa shape index (κ3) is 4.86. The first-order chi connectivity index (χ1) is 13.1. The molecule has 1 N–H and O–H groups in total. The third-order valence-electron chi connectivity index (χ3n) is 3.74. The van der Waals surface area contributed by atoms with Gasteiger partial charge in [0.25, 0.3) is 0 Å². The van der Waals surface area contributed by atoms with Crippen LogP contribution in [0.5, 0.6) is 11.7 Å². The van der Waals surface area contributed by atoms with Crippen molar-refractivity contribution in [3.63, 3.8) is 0 Å². The van der Waals surface area contributed by atoms with Crippen molar-refractivity contribution < 1.29 is 18.7 Å². The molecule has 0 bridgehead atoms. The summed E-state index contributed by atoms with van der Waals surface area (Å²) < 4.78 is 24.1. The van der Waals surface area contributed by atoms with Gasteiger partial charge in [0.05, 0.1) is 23.5 Å². The van der Waals surface area contributed by atoms with Gasteiger partial charge in [0.2, 0.25) is 5.89 Å². The summed E-state index contributed by atoms with van der Waals surface area (Å²) in [6.45, 7) is 2.77. The summed E-state index contributed by atoms with van der Waals surface area (Å²) in [5, 5.41) is 9.90. The van der Waals surface area contributed by atoms with E-state index in [9.17, 15) is 9.50 Å². The number of ether oxygens (including phenoxy) is 1. The molecule has 27 heavy (non-hydrogen) atoms. The van der Waals surface area contributed by atoms with Crippen LogP contribution in [-0.2, 0) is 0 Å². The summed E-state index contributed by atoms with van der Waals surface area (Å²) in [5.41, 5.74) is 1.28. The van der Waals surface area contributed by atoms with Gasteiger partial charge in [-0.05, 0) is 48.9 Å². The van der Waals surface area contributed by atoms with Gasteiger partial charge in [-0.15, -0.1) is 0 Å². The number of rotatable bonds is 7. The van der Waals surface area contributed by atoms with Crippen LogP contribution in [-0.4, -0.2) is 22.9 Å². The SMILES string of the molecule is CCCCOc1ccc(-c2nc(C=Nc3ccc(F)c(Cl)c3)c(O)o2)cc1. The van der Waals surface area contributed by atoms with E-state index in [0.717, 1.165) is 18.6 Å². The Kier molecular flexibility index (Phi) is 6.08. The van der Waals surface area contributed by atoms with Gasteiger partial charge in [-0.3, -0.25) is 4.99 Å². The zero-order valence-electron chi connectivity index (χ0n) is 14.7. The van der Waals surface area contributed by atoms with Crippen LogP contribution in [0.15, 0.2) is 51.9 Å². The van der Waals surface area contributed by atoms with E-state index < -0.39 is 5.82 Å². The fraction of sp³-hybridized carbons (Fsp3) is 0.200. The van der Waals surface area contributed by atoms with E-state index in [4.69, 9.17) is 20.8 Å². The molecule has 5 nitrogen and oxygen atoms in total. The second-order valence-electron chi connectivity index (χ2n) is 5.79. The lowest BCUT2D eigenvalue weighted by Gasteiger charge is -2.05. The minimum atomic E-state index is -0.524. The zero-order valence-corrected chi connectivity index (χ0v) is 15.4. The largest absolute Gasteiger partial charge is 0.494 e. The van der Waals surface area contributed by atoms with Gasteiger partial charge >= 0.3 is 5.95 Å². The molecular formula is C20H18ClFN2O3. The Morgan fingerprint density at radius 1 is 1.26 bits per heavy atom. The Morgan fingerprint density at radius 3 is 2.74 bits per heavy atom. The normalized spacial score (nSPS) is 11.2. The number of aromatic hydroxyl groups is 1. The van der Waals surface area contributed by atoms with Gasteiger partial charge in [0, 0.05) is 5.56 Å². The number of hydrogen-bond acceptors (Lipinski definition) is 5. The second-order valence-corrected chi connectivity index (χ2v) is 6.20. The summed E-state index contributed by atoms with van der Waals surface area (Å²) in [4.78, 5) is 8.35. The van der Waals surface area contributed by atoms with Crippen molar-refractivity contribution in [1.29, 1.82) is 0 Å². The smallest absolute Gasteiger partial charge is 0.312 e. The lowest BCUT2D eigenvalue weighted by atomic mass is 10.2. The van der Waals surface area contributed by atoms with Crippen molar-refractivity contribution in [2.45, 2.75) is 19.8 Å². The van der Waals surface area contributed by atoms with Gasteiger partial charge in [0.15, 0.2) is 5.69 Å². The highest BCUT2D eigenvalue weighted by atomic mass is 35.5. The van der Waals surface area contributed by atoms with Crippen LogP contribution in [0.1, 0.15) is 25.5 Å². The van der Waals surface area contributed by atoms with Crippen LogP contribution in [0, 0.1) is 5.82 Å². The van der Waals surface area contributed by atoms with E-state index in [1.165, 1.54) is 24.4 Å². The molecule has 0 aliphatic rings.